The average Bonchev–Trinajstić information content (AvgIpc) is 2.84. The first-order chi connectivity index (χ1) is 16.1. The Kier molecular flexibility index (Phi) is 7.13. The Morgan fingerprint density at radius 2 is 1.82 bits per heavy atom. The third-order valence-corrected chi connectivity index (χ3v) is 6.60. The molecule has 4 rings (SSSR count). The van der Waals surface area contributed by atoms with E-state index < -0.39 is 5.92 Å². The maximum absolute atomic E-state index is 13.4. The number of nitriles is 1. The molecule has 1 atom stereocenters. The molecule has 2 N–H and O–H groups in total. The highest BCUT2D eigenvalue weighted by Gasteiger charge is 2.34. The van der Waals surface area contributed by atoms with Gasteiger partial charge in [0, 0.05) is 40.1 Å². The molecule has 2 heterocycles. The molecule has 5 nitrogen and oxygen atoms in total. The number of amides is 1. The number of thioether (sulfide) groups is 1. The van der Waals surface area contributed by atoms with Crippen molar-refractivity contribution in [1.82, 2.24) is 10.3 Å². The van der Waals surface area contributed by atoms with Gasteiger partial charge in [0.2, 0.25) is 0 Å². The molecule has 1 aromatic heterocycles. The van der Waals surface area contributed by atoms with E-state index in [1.54, 1.807) is 48.4 Å². The Morgan fingerprint density at radius 3 is 2.48 bits per heavy atom. The molecule has 1 aliphatic rings. The summed E-state index contributed by atoms with van der Waals surface area (Å²) in [5, 5.41) is 17.7. The van der Waals surface area contributed by atoms with E-state index in [4.69, 9.17) is 11.6 Å². The highest BCUT2D eigenvalue weighted by atomic mass is 35.5. The summed E-state index contributed by atoms with van der Waals surface area (Å²) in [4.78, 5) is 17.5. The van der Waals surface area contributed by atoms with Gasteiger partial charge in [-0.05, 0) is 54.4 Å². The van der Waals surface area contributed by atoms with Crippen molar-refractivity contribution in [3.05, 3.63) is 117 Å². The van der Waals surface area contributed by atoms with Crippen LogP contribution in [0, 0.1) is 11.3 Å². The summed E-state index contributed by atoms with van der Waals surface area (Å²) in [5.41, 5.74) is 4.33. The second-order valence-electron chi connectivity index (χ2n) is 7.47. The standard InChI is InChI=1S/C26H21ClN4OS/c1-17-23(25(32)31-21-9-7-20(27)8-10-21)24(19-11-13-29-14-12-19)22(15-28)26(30-17)33-16-18-5-3-2-4-6-18/h2-14,24,30H,16H2,1H3,(H,31,32)/t24-/m0/s1. The number of benzene rings is 2. The molecule has 0 bridgehead atoms. The number of anilines is 1. The first-order valence-corrected chi connectivity index (χ1v) is 11.7. The van der Waals surface area contributed by atoms with Gasteiger partial charge in [-0.15, -0.1) is 11.8 Å². The zero-order valence-corrected chi connectivity index (χ0v) is 19.5. The molecular weight excluding hydrogens is 452 g/mol. The largest absolute Gasteiger partial charge is 0.353 e. The maximum Gasteiger partial charge on any atom is 0.254 e. The molecule has 0 saturated carbocycles. The van der Waals surface area contributed by atoms with E-state index >= 15 is 0 Å². The van der Waals surface area contributed by atoms with E-state index in [1.807, 2.05) is 37.3 Å². The van der Waals surface area contributed by atoms with E-state index in [2.05, 4.69) is 33.8 Å². The van der Waals surface area contributed by atoms with Crippen LogP contribution in [0.5, 0.6) is 0 Å². The number of hydrogen-bond donors (Lipinski definition) is 2. The van der Waals surface area contributed by atoms with Gasteiger partial charge in [0.1, 0.15) is 0 Å². The first-order valence-electron chi connectivity index (χ1n) is 10.3. The number of dihydropyridines is 1. The van der Waals surface area contributed by atoms with Crippen LogP contribution in [0.1, 0.15) is 24.0 Å². The molecule has 0 saturated heterocycles. The molecule has 0 spiro atoms. The second-order valence-corrected chi connectivity index (χ2v) is 8.89. The van der Waals surface area contributed by atoms with Crippen LogP contribution >= 0.6 is 23.4 Å². The zero-order valence-electron chi connectivity index (χ0n) is 17.9. The Morgan fingerprint density at radius 1 is 1.12 bits per heavy atom. The quantitative estimate of drug-likeness (QED) is 0.459. The summed E-state index contributed by atoms with van der Waals surface area (Å²) in [7, 11) is 0. The Balaban J connectivity index is 1.69. The van der Waals surface area contributed by atoms with Crippen molar-refractivity contribution in [2.24, 2.45) is 0 Å². The van der Waals surface area contributed by atoms with Crippen LogP contribution in [0.2, 0.25) is 5.02 Å². The van der Waals surface area contributed by atoms with Gasteiger partial charge in [-0.1, -0.05) is 41.9 Å². The monoisotopic (exact) mass is 472 g/mol. The molecule has 7 heteroatoms. The maximum atomic E-state index is 13.4. The molecule has 0 fully saturated rings. The predicted octanol–water partition coefficient (Wildman–Crippen LogP) is 6.00. The molecule has 164 valence electrons. The van der Waals surface area contributed by atoms with Gasteiger partial charge in [0.25, 0.3) is 5.91 Å². The van der Waals surface area contributed by atoms with Crippen molar-refractivity contribution in [3.8, 4) is 6.07 Å². The van der Waals surface area contributed by atoms with Gasteiger partial charge in [-0.3, -0.25) is 9.78 Å². The summed E-state index contributed by atoms with van der Waals surface area (Å²) in [5.74, 6) is -0.0781. The van der Waals surface area contributed by atoms with Crippen molar-refractivity contribution in [2.45, 2.75) is 18.6 Å². The van der Waals surface area contributed by atoms with E-state index in [1.165, 1.54) is 0 Å². The summed E-state index contributed by atoms with van der Waals surface area (Å²) in [6.07, 6.45) is 3.35. The van der Waals surface area contributed by atoms with E-state index in [0.717, 1.165) is 16.2 Å². The van der Waals surface area contributed by atoms with Crippen LogP contribution in [0.15, 0.2) is 101 Å². The summed E-state index contributed by atoms with van der Waals surface area (Å²) in [6, 6.07) is 23.0. The molecular formula is C26H21ClN4OS. The fraction of sp³-hybridized carbons (Fsp3) is 0.115. The number of halogens is 1. The smallest absolute Gasteiger partial charge is 0.254 e. The van der Waals surface area contributed by atoms with Crippen LogP contribution in [-0.2, 0) is 10.5 Å². The van der Waals surface area contributed by atoms with Crippen molar-refractivity contribution in [2.75, 3.05) is 5.32 Å². The number of pyridine rings is 1. The number of nitrogens with one attached hydrogen (secondary N) is 2. The normalized spacial score (nSPS) is 15.6. The number of carbonyl (C=O) groups is 1. The van der Waals surface area contributed by atoms with Crippen LogP contribution in [-0.4, -0.2) is 10.9 Å². The van der Waals surface area contributed by atoms with Crippen molar-refractivity contribution < 1.29 is 4.79 Å². The molecule has 0 unspecified atom stereocenters. The van der Waals surface area contributed by atoms with E-state index in [-0.39, 0.29) is 5.91 Å². The molecule has 0 radical (unpaired) electrons. The lowest BCUT2D eigenvalue weighted by Crippen LogP contribution is -2.30. The van der Waals surface area contributed by atoms with Gasteiger partial charge < -0.3 is 10.6 Å². The van der Waals surface area contributed by atoms with E-state index in [0.29, 0.717) is 33.3 Å². The number of rotatable bonds is 6. The highest BCUT2D eigenvalue weighted by molar-refractivity contribution is 8.02. The van der Waals surface area contributed by atoms with Crippen LogP contribution < -0.4 is 10.6 Å². The van der Waals surface area contributed by atoms with Crippen LogP contribution in [0.3, 0.4) is 0 Å². The Hall–Kier alpha value is -3.53. The SMILES string of the molecule is CC1=C(C(=O)Nc2ccc(Cl)cc2)[C@@H](c2ccncc2)C(C#N)=C(SCc2ccccc2)N1. The molecule has 1 aliphatic heterocycles. The fourth-order valence-corrected chi connectivity index (χ4v) is 4.85. The number of allylic oxidation sites excluding steroid dienone is 2. The van der Waals surface area contributed by atoms with Crippen LogP contribution in [0.25, 0.3) is 0 Å². The fourth-order valence-electron chi connectivity index (χ4n) is 3.68. The number of aromatic nitrogens is 1. The molecule has 0 aliphatic carbocycles. The average molecular weight is 473 g/mol. The van der Waals surface area contributed by atoms with Gasteiger partial charge >= 0.3 is 0 Å². The van der Waals surface area contributed by atoms with Crippen molar-refractivity contribution >= 4 is 35.0 Å². The third-order valence-electron chi connectivity index (χ3n) is 5.26. The minimum atomic E-state index is -0.509. The molecule has 1 amide bonds. The number of nitrogens with zero attached hydrogens (tertiary/aromatic N) is 2. The Labute approximate surface area is 202 Å². The molecule has 3 aromatic rings. The van der Waals surface area contributed by atoms with Gasteiger partial charge in [0.05, 0.1) is 22.6 Å². The van der Waals surface area contributed by atoms with Gasteiger partial charge in [0.15, 0.2) is 0 Å². The zero-order chi connectivity index (χ0) is 23.2. The lowest BCUT2D eigenvalue weighted by atomic mass is 9.82. The highest BCUT2D eigenvalue weighted by Crippen LogP contribution is 2.41. The summed E-state index contributed by atoms with van der Waals surface area (Å²) in [6.45, 7) is 1.86. The number of carbonyl (C=O) groups excluding carboxylic acids is 1. The number of hydrogen-bond acceptors (Lipinski definition) is 5. The van der Waals surface area contributed by atoms with E-state index in [9.17, 15) is 10.1 Å². The Bertz CT molecular complexity index is 1250. The predicted molar refractivity (Wildman–Crippen MR) is 133 cm³/mol. The summed E-state index contributed by atoms with van der Waals surface area (Å²) < 4.78 is 0. The minimum absolute atomic E-state index is 0.274. The first kappa shape index (κ1) is 22.7. The third kappa shape index (κ3) is 5.28. The second kappa shape index (κ2) is 10.4. The molecule has 2 aromatic carbocycles. The van der Waals surface area contributed by atoms with Gasteiger partial charge in [-0.2, -0.15) is 5.26 Å². The van der Waals surface area contributed by atoms with Gasteiger partial charge in [-0.25, -0.2) is 0 Å². The lowest BCUT2D eigenvalue weighted by molar-refractivity contribution is -0.113. The topological polar surface area (TPSA) is 77.8 Å². The van der Waals surface area contributed by atoms with Crippen molar-refractivity contribution in [3.63, 3.8) is 0 Å². The van der Waals surface area contributed by atoms with Crippen molar-refractivity contribution in [1.29, 1.82) is 5.26 Å². The minimum Gasteiger partial charge on any atom is -0.353 e. The lowest BCUT2D eigenvalue weighted by Gasteiger charge is -2.30. The summed E-state index contributed by atoms with van der Waals surface area (Å²) >= 11 is 7.52. The molecule has 33 heavy (non-hydrogen) atoms. The van der Waals surface area contributed by atoms with Crippen LogP contribution in [0.4, 0.5) is 5.69 Å².